The largest absolute Gasteiger partial charge is 0.490 e. The lowest BCUT2D eigenvalue weighted by Crippen LogP contribution is -2.65. The number of carbonyl (C=O) groups excluding carboxylic acids is 3. The lowest BCUT2D eigenvalue weighted by atomic mass is 9.33. The molecule has 0 amide bonds. The van der Waals surface area contributed by atoms with Gasteiger partial charge in [0, 0.05) is 17.9 Å². The van der Waals surface area contributed by atoms with Crippen LogP contribution in [-0.4, -0.2) is 48.5 Å². The number of carbonyl (C=O) groups is 3. The molecule has 0 heterocycles. The van der Waals surface area contributed by atoms with E-state index in [2.05, 4.69) is 45.5 Å². The molecule has 0 bridgehead atoms. The summed E-state index contributed by atoms with van der Waals surface area (Å²) >= 11 is 0. The van der Waals surface area contributed by atoms with Crippen molar-refractivity contribution in [2.45, 2.75) is 131 Å². The summed E-state index contributed by atoms with van der Waals surface area (Å²) in [5, 5.41) is 9.33. The van der Waals surface area contributed by atoms with Crippen molar-refractivity contribution in [1.29, 1.82) is 0 Å². The molecule has 0 aromatic heterocycles. The SMILES string of the molecule is CC1(C)CC[C@]2(C(=O)Oc3ccc(/C=C/C(=O)OCCCO[N+](=O)[O-])cc3)CC[C@]3(C)C(=CC[C@@H]4[C@@]5(C)CC[C@H](OC(=O)C(F)(F)F)C(C)(C)[C@@H]5CC[C@]43C)[C@@H]2C1. The summed E-state index contributed by atoms with van der Waals surface area (Å²) in [6.45, 7) is 15.5. The molecule has 13 heteroatoms. The molecule has 5 aliphatic rings. The first-order chi connectivity index (χ1) is 26.5. The minimum Gasteiger partial charge on any atom is -0.462 e. The molecule has 10 nitrogen and oxygen atoms in total. The molecule has 0 saturated heterocycles. The van der Waals surface area contributed by atoms with Gasteiger partial charge in [0.15, 0.2) is 0 Å². The van der Waals surface area contributed by atoms with E-state index in [1.807, 2.05) is 13.8 Å². The maximum atomic E-state index is 14.6. The van der Waals surface area contributed by atoms with Crippen molar-refractivity contribution in [2.24, 2.45) is 50.2 Å². The highest BCUT2D eigenvalue weighted by Gasteiger charge is 2.70. The first kappa shape index (κ1) is 42.7. The van der Waals surface area contributed by atoms with E-state index in [1.165, 1.54) is 11.6 Å². The van der Waals surface area contributed by atoms with Crippen LogP contribution in [0.25, 0.3) is 6.08 Å². The highest BCUT2D eigenvalue weighted by atomic mass is 19.4. The molecule has 6 rings (SSSR count). The number of nitrogens with zero attached hydrogens (tertiary/aromatic N) is 1. The first-order valence-electron chi connectivity index (χ1n) is 20.4. The van der Waals surface area contributed by atoms with E-state index in [-0.39, 0.29) is 65.0 Å². The molecule has 0 radical (unpaired) electrons. The molecule has 1 aromatic rings. The lowest BCUT2D eigenvalue weighted by molar-refractivity contribution is -0.757. The van der Waals surface area contributed by atoms with Crippen LogP contribution >= 0.6 is 0 Å². The Hall–Kier alpha value is -3.90. The maximum absolute atomic E-state index is 14.6. The maximum Gasteiger partial charge on any atom is 0.490 e. The second-order valence-electron chi connectivity index (χ2n) is 19.5. The zero-order chi connectivity index (χ0) is 41.8. The van der Waals surface area contributed by atoms with Crippen molar-refractivity contribution in [3.63, 3.8) is 0 Å². The average molecular weight is 802 g/mol. The summed E-state index contributed by atoms with van der Waals surface area (Å²) in [4.78, 5) is 53.0. The second-order valence-corrected chi connectivity index (χ2v) is 19.5. The van der Waals surface area contributed by atoms with E-state index in [4.69, 9.17) is 14.2 Å². The molecule has 5 aliphatic carbocycles. The summed E-state index contributed by atoms with van der Waals surface area (Å²) < 4.78 is 56.3. The van der Waals surface area contributed by atoms with Gasteiger partial charge in [-0.25, -0.2) is 9.59 Å². The number of alkyl halides is 3. The minimum absolute atomic E-state index is 0.00379. The van der Waals surface area contributed by atoms with Crippen LogP contribution in [0.5, 0.6) is 5.75 Å². The smallest absolute Gasteiger partial charge is 0.462 e. The van der Waals surface area contributed by atoms with Gasteiger partial charge < -0.3 is 19.0 Å². The van der Waals surface area contributed by atoms with Crippen molar-refractivity contribution in [2.75, 3.05) is 13.2 Å². The van der Waals surface area contributed by atoms with Gasteiger partial charge in [-0.2, -0.15) is 13.2 Å². The summed E-state index contributed by atoms with van der Waals surface area (Å²) in [6.07, 6.45) is 7.30. The number of esters is 3. The summed E-state index contributed by atoms with van der Waals surface area (Å²) in [5.41, 5.74) is 0.331. The normalized spacial score (nSPS) is 35.3. The molecular formula is C44H58F3NO9. The van der Waals surface area contributed by atoms with Gasteiger partial charge in [-0.3, -0.25) is 4.79 Å². The van der Waals surface area contributed by atoms with E-state index in [0.717, 1.165) is 44.9 Å². The van der Waals surface area contributed by atoms with Crippen molar-refractivity contribution in [3.05, 3.63) is 57.7 Å². The Balaban J connectivity index is 1.19. The third kappa shape index (κ3) is 7.73. The van der Waals surface area contributed by atoms with Gasteiger partial charge in [-0.1, -0.05) is 72.2 Å². The van der Waals surface area contributed by atoms with Crippen LogP contribution in [0.4, 0.5) is 13.2 Å². The van der Waals surface area contributed by atoms with Gasteiger partial charge in [-0.05, 0) is 127 Å². The fourth-order valence-corrected chi connectivity index (χ4v) is 12.4. The van der Waals surface area contributed by atoms with E-state index in [9.17, 15) is 37.7 Å². The van der Waals surface area contributed by atoms with Crippen molar-refractivity contribution < 1.29 is 51.7 Å². The monoisotopic (exact) mass is 801 g/mol. The van der Waals surface area contributed by atoms with Crippen molar-refractivity contribution in [1.82, 2.24) is 0 Å². The van der Waals surface area contributed by atoms with Gasteiger partial charge >= 0.3 is 24.1 Å². The first-order valence-corrected chi connectivity index (χ1v) is 20.4. The van der Waals surface area contributed by atoms with Gasteiger partial charge in [-0.15, -0.1) is 10.1 Å². The molecule has 0 spiro atoms. The molecule has 0 aliphatic heterocycles. The quantitative estimate of drug-likeness (QED) is 0.0432. The number of rotatable bonds is 10. The van der Waals surface area contributed by atoms with Crippen LogP contribution < -0.4 is 4.74 Å². The minimum atomic E-state index is -5.03. The molecule has 1 aromatic carbocycles. The molecule has 0 N–H and O–H groups in total. The number of hydrogen-bond acceptors (Lipinski definition) is 9. The summed E-state index contributed by atoms with van der Waals surface area (Å²) in [6, 6.07) is 6.94. The van der Waals surface area contributed by atoms with E-state index in [1.54, 1.807) is 30.3 Å². The van der Waals surface area contributed by atoms with Gasteiger partial charge in [0.05, 0.1) is 18.6 Å². The number of hydrogen-bond donors (Lipinski definition) is 0. The second kappa shape index (κ2) is 15.0. The summed E-state index contributed by atoms with van der Waals surface area (Å²) in [5.74, 6) is -2.13. The fourth-order valence-electron chi connectivity index (χ4n) is 12.4. The summed E-state index contributed by atoms with van der Waals surface area (Å²) in [7, 11) is 0. The molecular weight excluding hydrogens is 743 g/mol. The zero-order valence-corrected chi connectivity index (χ0v) is 34.3. The third-order valence-electron chi connectivity index (χ3n) is 15.7. The van der Waals surface area contributed by atoms with Crippen LogP contribution in [0.1, 0.15) is 125 Å². The number of halogens is 3. The Labute approximate surface area is 333 Å². The van der Waals surface area contributed by atoms with Crippen LogP contribution in [0.15, 0.2) is 42.0 Å². The number of benzene rings is 1. The topological polar surface area (TPSA) is 131 Å². The Morgan fingerprint density at radius 1 is 0.895 bits per heavy atom. The van der Waals surface area contributed by atoms with Crippen LogP contribution in [0.2, 0.25) is 0 Å². The van der Waals surface area contributed by atoms with Crippen LogP contribution in [-0.2, 0) is 28.7 Å². The molecule has 314 valence electrons. The Bertz CT molecular complexity index is 1800. The molecule has 8 atom stereocenters. The van der Waals surface area contributed by atoms with Crippen molar-refractivity contribution in [3.8, 4) is 5.75 Å². The third-order valence-corrected chi connectivity index (χ3v) is 15.7. The Kier molecular flexibility index (Phi) is 11.3. The van der Waals surface area contributed by atoms with E-state index >= 15 is 0 Å². The predicted octanol–water partition coefficient (Wildman–Crippen LogP) is 10.0. The molecule has 4 saturated carbocycles. The van der Waals surface area contributed by atoms with Crippen molar-refractivity contribution >= 4 is 24.0 Å². The van der Waals surface area contributed by atoms with E-state index in [0.29, 0.717) is 30.6 Å². The molecule has 57 heavy (non-hydrogen) atoms. The lowest BCUT2D eigenvalue weighted by Gasteiger charge is -2.71. The Morgan fingerprint density at radius 3 is 2.25 bits per heavy atom. The van der Waals surface area contributed by atoms with Gasteiger partial charge in [0.2, 0.25) is 0 Å². The standard InChI is InChI=1S/C44H58F3NO9/c1-38(2)21-23-43(36(50)56-29-12-9-28(10-13-29)11-16-35(49)54-25-8-26-55-48(52)53)24-22-41(6)30(31(43)27-38)14-15-33-40(5)19-18-34(57-37(51)44(45,46)47)39(3,4)32(40)17-20-42(33,41)7/h9-14,16,31-34H,8,15,17-27H2,1-7H3/b16-11+/t31-,32-,33+,34-,40-,41+,42+,43-/m0/s1. The Morgan fingerprint density at radius 2 is 1.58 bits per heavy atom. The predicted molar refractivity (Wildman–Crippen MR) is 205 cm³/mol. The van der Waals surface area contributed by atoms with Crippen LogP contribution in [0.3, 0.4) is 0 Å². The highest BCUT2D eigenvalue weighted by Crippen LogP contribution is 2.76. The fraction of sp³-hybridized carbons (Fsp3) is 0.705. The molecule has 4 fully saturated rings. The zero-order valence-electron chi connectivity index (χ0n) is 34.3. The number of ether oxygens (including phenoxy) is 3. The van der Waals surface area contributed by atoms with Gasteiger partial charge in [0.1, 0.15) is 11.9 Å². The highest BCUT2D eigenvalue weighted by molar-refractivity contribution is 5.87. The van der Waals surface area contributed by atoms with Crippen LogP contribution in [0, 0.1) is 60.4 Å². The van der Waals surface area contributed by atoms with E-state index < -0.39 is 40.1 Å². The number of fused-ring (bicyclic) bond motifs is 7. The van der Waals surface area contributed by atoms with Gasteiger partial charge in [0.25, 0.3) is 5.09 Å². The molecule has 0 unspecified atom stereocenters. The number of allylic oxidation sites excluding steroid dienone is 2. The average Bonchev–Trinajstić information content (AvgIpc) is 3.11.